The molecule has 0 saturated heterocycles. The van der Waals surface area contributed by atoms with Crippen molar-refractivity contribution in [3.63, 3.8) is 0 Å². The van der Waals surface area contributed by atoms with E-state index < -0.39 is 11.9 Å². The maximum absolute atomic E-state index is 12.7. The fourth-order valence-corrected chi connectivity index (χ4v) is 3.20. The normalized spacial score (nSPS) is 10.9. The summed E-state index contributed by atoms with van der Waals surface area (Å²) in [7, 11) is 1.51. The van der Waals surface area contributed by atoms with E-state index >= 15 is 0 Å². The molecule has 0 aliphatic rings. The summed E-state index contributed by atoms with van der Waals surface area (Å²) in [4.78, 5) is 24.0. The number of carboxylic acids is 1. The molecule has 0 atom stereocenters. The molecule has 3 aromatic rings. The Hall–Kier alpha value is -2.84. The van der Waals surface area contributed by atoms with Crippen LogP contribution in [0.1, 0.15) is 37.8 Å². The Morgan fingerprint density at radius 2 is 1.93 bits per heavy atom. The van der Waals surface area contributed by atoms with Gasteiger partial charge in [0.2, 0.25) is 0 Å². The van der Waals surface area contributed by atoms with Crippen molar-refractivity contribution in [2.75, 3.05) is 5.32 Å². The van der Waals surface area contributed by atoms with Crippen molar-refractivity contribution in [3.05, 3.63) is 62.6 Å². The molecule has 0 fully saturated rings. The van der Waals surface area contributed by atoms with E-state index in [1.807, 2.05) is 13.0 Å². The number of amides is 1. The van der Waals surface area contributed by atoms with Crippen LogP contribution >= 0.6 is 23.2 Å². The van der Waals surface area contributed by atoms with Crippen LogP contribution in [-0.2, 0) is 13.6 Å². The van der Waals surface area contributed by atoms with Gasteiger partial charge in [0.1, 0.15) is 11.3 Å². The number of hydrogen-bond acceptors (Lipinski definition) is 4. The van der Waals surface area contributed by atoms with Crippen LogP contribution in [-0.4, -0.2) is 36.5 Å². The topological polar surface area (TPSA) is 102 Å². The first-order valence-corrected chi connectivity index (χ1v) is 8.99. The molecule has 146 valence electrons. The number of hydrogen-bond donors (Lipinski definition) is 2. The Kier molecular flexibility index (Phi) is 5.44. The molecule has 0 saturated carbocycles. The summed E-state index contributed by atoms with van der Waals surface area (Å²) >= 11 is 12.0. The van der Waals surface area contributed by atoms with E-state index in [0.29, 0.717) is 28.0 Å². The molecule has 2 heterocycles. The number of carbonyl (C=O) groups excluding carboxylic acids is 1. The lowest BCUT2D eigenvalue weighted by molar-refractivity contribution is 0.0692. The minimum Gasteiger partial charge on any atom is -0.478 e. The van der Waals surface area contributed by atoms with Crippen molar-refractivity contribution in [1.29, 1.82) is 0 Å². The van der Waals surface area contributed by atoms with Gasteiger partial charge in [-0.3, -0.25) is 14.2 Å². The Morgan fingerprint density at radius 3 is 2.57 bits per heavy atom. The average molecular weight is 422 g/mol. The zero-order valence-corrected chi connectivity index (χ0v) is 16.8. The third-order valence-electron chi connectivity index (χ3n) is 4.32. The van der Waals surface area contributed by atoms with E-state index in [1.54, 1.807) is 23.7 Å². The van der Waals surface area contributed by atoms with Crippen LogP contribution in [0.4, 0.5) is 5.69 Å². The van der Waals surface area contributed by atoms with Crippen LogP contribution in [0.25, 0.3) is 0 Å². The quantitative estimate of drug-likeness (QED) is 0.655. The van der Waals surface area contributed by atoms with Crippen molar-refractivity contribution < 1.29 is 14.7 Å². The summed E-state index contributed by atoms with van der Waals surface area (Å²) in [5.41, 5.74) is 2.53. The molecule has 8 nitrogen and oxygen atoms in total. The predicted molar refractivity (Wildman–Crippen MR) is 105 cm³/mol. The number of aromatic nitrogens is 4. The standard InChI is InChI=1S/C18H17Cl2N5O3/c1-9-15(22-17(26)16-12(18(27)28)7-21-24(16)3)10(2)25(23-9)8-11-4-5-13(19)14(20)6-11/h4-7H,8H2,1-3H3,(H,22,26)(H,27,28). The molecule has 0 unspecified atom stereocenters. The van der Waals surface area contributed by atoms with Crippen molar-refractivity contribution in [2.45, 2.75) is 20.4 Å². The summed E-state index contributed by atoms with van der Waals surface area (Å²) in [5, 5.41) is 21.2. The van der Waals surface area contributed by atoms with Gasteiger partial charge in [0.05, 0.1) is 39.9 Å². The van der Waals surface area contributed by atoms with Crippen LogP contribution in [0, 0.1) is 13.8 Å². The van der Waals surface area contributed by atoms with Gasteiger partial charge in [-0.1, -0.05) is 29.3 Å². The second-order valence-electron chi connectivity index (χ2n) is 6.24. The molecule has 0 radical (unpaired) electrons. The largest absolute Gasteiger partial charge is 0.478 e. The summed E-state index contributed by atoms with van der Waals surface area (Å²) in [5.74, 6) is -1.79. The van der Waals surface area contributed by atoms with E-state index in [4.69, 9.17) is 23.2 Å². The van der Waals surface area contributed by atoms with Crippen LogP contribution in [0.15, 0.2) is 24.4 Å². The summed E-state index contributed by atoms with van der Waals surface area (Å²) in [6, 6.07) is 5.31. The van der Waals surface area contributed by atoms with Crippen LogP contribution in [0.5, 0.6) is 0 Å². The predicted octanol–water partition coefficient (Wildman–Crippen LogP) is 3.54. The smallest absolute Gasteiger partial charge is 0.339 e. The molecule has 10 heteroatoms. The number of rotatable bonds is 5. The lowest BCUT2D eigenvalue weighted by Crippen LogP contribution is -2.20. The second kappa shape index (κ2) is 7.65. The van der Waals surface area contributed by atoms with E-state index in [2.05, 4.69) is 15.5 Å². The van der Waals surface area contributed by atoms with Crippen LogP contribution in [0.2, 0.25) is 10.0 Å². The summed E-state index contributed by atoms with van der Waals surface area (Å²) < 4.78 is 2.95. The molecular weight excluding hydrogens is 405 g/mol. The highest BCUT2D eigenvalue weighted by Crippen LogP contribution is 2.25. The van der Waals surface area contributed by atoms with Crippen LogP contribution < -0.4 is 5.32 Å². The highest BCUT2D eigenvalue weighted by molar-refractivity contribution is 6.42. The zero-order valence-electron chi connectivity index (χ0n) is 15.3. The number of anilines is 1. The van der Waals surface area contributed by atoms with Gasteiger partial charge in [-0.25, -0.2) is 4.79 Å². The van der Waals surface area contributed by atoms with Crippen molar-refractivity contribution >= 4 is 40.8 Å². The molecule has 1 amide bonds. The van der Waals surface area contributed by atoms with Gasteiger partial charge < -0.3 is 10.4 Å². The number of halogens is 2. The van der Waals surface area contributed by atoms with Crippen molar-refractivity contribution in [3.8, 4) is 0 Å². The summed E-state index contributed by atoms with van der Waals surface area (Å²) in [6.07, 6.45) is 1.14. The monoisotopic (exact) mass is 421 g/mol. The Labute approximate surface area is 170 Å². The highest BCUT2D eigenvalue weighted by atomic mass is 35.5. The first-order chi connectivity index (χ1) is 13.2. The van der Waals surface area contributed by atoms with Gasteiger partial charge in [0.15, 0.2) is 0 Å². The number of carboxylic acid groups (broad SMARTS) is 1. The molecule has 2 N–H and O–H groups in total. The number of carbonyl (C=O) groups is 2. The van der Waals surface area contributed by atoms with Gasteiger partial charge in [0, 0.05) is 7.05 Å². The maximum Gasteiger partial charge on any atom is 0.339 e. The van der Waals surface area contributed by atoms with E-state index in [1.165, 1.54) is 11.7 Å². The number of nitrogens with zero attached hydrogens (tertiary/aromatic N) is 4. The van der Waals surface area contributed by atoms with E-state index in [0.717, 1.165) is 17.5 Å². The molecule has 0 aliphatic heterocycles. The lowest BCUT2D eigenvalue weighted by atomic mass is 10.2. The Bertz CT molecular complexity index is 1090. The Balaban J connectivity index is 1.88. The molecule has 3 rings (SSSR count). The number of aromatic carboxylic acids is 1. The average Bonchev–Trinajstić information content (AvgIpc) is 3.13. The molecule has 0 spiro atoms. The molecule has 1 aromatic carbocycles. The number of benzene rings is 1. The fraction of sp³-hybridized carbons (Fsp3) is 0.222. The molecule has 0 bridgehead atoms. The molecule has 2 aromatic heterocycles. The molecule has 28 heavy (non-hydrogen) atoms. The van der Waals surface area contributed by atoms with Gasteiger partial charge in [-0.2, -0.15) is 10.2 Å². The van der Waals surface area contributed by atoms with Crippen molar-refractivity contribution in [2.24, 2.45) is 7.05 Å². The first-order valence-electron chi connectivity index (χ1n) is 8.23. The highest BCUT2D eigenvalue weighted by Gasteiger charge is 2.24. The van der Waals surface area contributed by atoms with E-state index in [-0.39, 0.29) is 11.3 Å². The SMILES string of the molecule is Cc1nn(Cc2ccc(Cl)c(Cl)c2)c(C)c1NC(=O)c1c(C(=O)O)cnn1C. The van der Waals surface area contributed by atoms with Gasteiger partial charge >= 0.3 is 5.97 Å². The molecule has 0 aliphatic carbocycles. The van der Waals surface area contributed by atoms with Gasteiger partial charge in [-0.15, -0.1) is 0 Å². The third-order valence-corrected chi connectivity index (χ3v) is 5.06. The lowest BCUT2D eigenvalue weighted by Gasteiger charge is -2.09. The van der Waals surface area contributed by atoms with E-state index in [9.17, 15) is 14.7 Å². The Morgan fingerprint density at radius 1 is 1.21 bits per heavy atom. The van der Waals surface area contributed by atoms with Crippen LogP contribution in [0.3, 0.4) is 0 Å². The first kappa shape index (κ1) is 19.9. The number of nitrogens with one attached hydrogen (secondary N) is 1. The fourth-order valence-electron chi connectivity index (χ4n) is 2.88. The second-order valence-corrected chi connectivity index (χ2v) is 7.06. The number of aryl methyl sites for hydroxylation is 2. The van der Waals surface area contributed by atoms with Crippen molar-refractivity contribution in [1.82, 2.24) is 19.6 Å². The minimum absolute atomic E-state index is 0.0384. The summed E-state index contributed by atoms with van der Waals surface area (Å²) in [6.45, 7) is 4.01. The third kappa shape index (κ3) is 3.74. The maximum atomic E-state index is 12.7. The zero-order chi connectivity index (χ0) is 20.6. The van der Waals surface area contributed by atoms with Gasteiger partial charge in [-0.05, 0) is 31.5 Å². The molecular formula is C18H17Cl2N5O3. The van der Waals surface area contributed by atoms with Gasteiger partial charge in [0.25, 0.3) is 5.91 Å². The minimum atomic E-state index is -1.22.